The van der Waals surface area contributed by atoms with Crippen LogP contribution in [-0.2, 0) is 6.61 Å². The Balaban J connectivity index is 1.66. The number of H-pyrrole nitrogens is 1. The number of ether oxygens (including phenoxy) is 2. The molecule has 0 amide bonds. The first kappa shape index (κ1) is 20.0. The molecule has 0 saturated carbocycles. The third-order valence-corrected chi connectivity index (χ3v) is 5.63. The smallest absolute Gasteiger partial charge is 0.175 e. The van der Waals surface area contributed by atoms with Crippen molar-refractivity contribution in [3.05, 3.63) is 74.7 Å². The molecule has 1 aromatic heterocycles. The predicted octanol–water partition coefficient (Wildman–Crippen LogP) is 7.04. The lowest BCUT2D eigenvalue weighted by Gasteiger charge is -2.15. The van der Waals surface area contributed by atoms with Crippen LogP contribution in [-0.4, -0.2) is 16.6 Å². The van der Waals surface area contributed by atoms with E-state index < -0.39 is 0 Å². The van der Waals surface area contributed by atoms with Gasteiger partial charge in [-0.15, -0.1) is 0 Å². The fourth-order valence-corrected chi connectivity index (χ4v) is 3.92. The summed E-state index contributed by atoms with van der Waals surface area (Å²) in [6.45, 7) is 5.03. The Hall–Kier alpha value is -2.31. The molecule has 1 N–H and O–H groups in total. The van der Waals surface area contributed by atoms with Crippen molar-refractivity contribution in [1.29, 1.82) is 0 Å². The van der Waals surface area contributed by atoms with E-state index in [2.05, 4.69) is 55.9 Å². The number of hydrogen-bond donors (Lipinski definition) is 1. The van der Waals surface area contributed by atoms with E-state index in [0.717, 1.165) is 36.9 Å². The van der Waals surface area contributed by atoms with E-state index in [-0.39, 0.29) is 0 Å². The zero-order chi connectivity index (χ0) is 20.4. The average molecular weight is 516 g/mol. The standard InChI is InChI=1S/C23H20Br2N2O2/c1-3-28-21-12-16(23-26-19-9-4-14(2)10-20(19)27-23)11-18(25)22(21)29-13-15-5-7-17(24)8-6-15/h4-12H,3,13H2,1-2H3,(H,26,27). The summed E-state index contributed by atoms with van der Waals surface area (Å²) in [5.74, 6) is 2.17. The first-order valence-corrected chi connectivity index (χ1v) is 10.9. The van der Waals surface area contributed by atoms with E-state index in [1.807, 2.05) is 49.4 Å². The average Bonchev–Trinajstić information content (AvgIpc) is 3.12. The minimum Gasteiger partial charge on any atom is -0.490 e. The van der Waals surface area contributed by atoms with Crippen LogP contribution in [0, 0.1) is 6.92 Å². The molecule has 0 aliphatic rings. The largest absolute Gasteiger partial charge is 0.490 e. The highest BCUT2D eigenvalue weighted by atomic mass is 79.9. The van der Waals surface area contributed by atoms with Crippen LogP contribution in [0.3, 0.4) is 0 Å². The third kappa shape index (κ3) is 4.49. The van der Waals surface area contributed by atoms with Crippen molar-refractivity contribution in [2.45, 2.75) is 20.5 Å². The second kappa shape index (κ2) is 8.59. The quantitative estimate of drug-likeness (QED) is 0.299. The molecule has 6 heteroatoms. The topological polar surface area (TPSA) is 47.1 Å². The lowest BCUT2D eigenvalue weighted by atomic mass is 10.2. The third-order valence-electron chi connectivity index (χ3n) is 4.52. The van der Waals surface area contributed by atoms with Gasteiger partial charge in [0.15, 0.2) is 11.5 Å². The van der Waals surface area contributed by atoms with Crippen LogP contribution in [0.2, 0.25) is 0 Å². The van der Waals surface area contributed by atoms with Crippen LogP contribution in [0.1, 0.15) is 18.1 Å². The van der Waals surface area contributed by atoms with Gasteiger partial charge in [0.2, 0.25) is 0 Å². The van der Waals surface area contributed by atoms with Crippen molar-refractivity contribution in [2.75, 3.05) is 6.61 Å². The summed E-state index contributed by atoms with van der Waals surface area (Å²) in [5, 5.41) is 0. The van der Waals surface area contributed by atoms with Gasteiger partial charge >= 0.3 is 0 Å². The molecule has 3 aromatic carbocycles. The van der Waals surface area contributed by atoms with Gasteiger partial charge in [0, 0.05) is 10.0 Å². The molecular weight excluding hydrogens is 496 g/mol. The number of aromatic nitrogens is 2. The number of fused-ring (bicyclic) bond motifs is 1. The highest BCUT2D eigenvalue weighted by molar-refractivity contribution is 9.10. The van der Waals surface area contributed by atoms with Crippen LogP contribution in [0.4, 0.5) is 0 Å². The SMILES string of the molecule is CCOc1cc(-c2nc3ccc(C)cc3[nH]2)cc(Br)c1OCc1ccc(Br)cc1. The molecule has 4 rings (SSSR count). The molecule has 0 radical (unpaired) electrons. The highest BCUT2D eigenvalue weighted by Gasteiger charge is 2.15. The van der Waals surface area contributed by atoms with E-state index >= 15 is 0 Å². The summed E-state index contributed by atoms with van der Waals surface area (Å²) in [5.41, 5.74) is 5.17. The minimum absolute atomic E-state index is 0.454. The number of nitrogens with zero attached hydrogens (tertiary/aromatic N) is 1. The van der Waals surface area contributed by atoms with Gasteiger partial charge in [0.25, 0.3) is 0 Å². The second-order valence-corrected chi connectivity index (χ2v) is 8.51. The molecule has 0 atom stereocenters. The predicted molar refractivity (Wildman–Crippen MR) is 124 cm³/mol. The van der Waals surface area contributed by atoms with Crippen molar-refractivity contribution in [3.8, 4) is 22.9 Å². The molecule has 0 spiro atoms. The number of imidazole rings is 1. The maximum atomic E-state index is 6.09. The normalized spacial score (nSPS) is 11.0. The number of halogens is 2. The number of aromatic amines is 1. The molecule has 148 valence electrons. The Morgan fingerprint density at radius 1 is 0.966 bits per heavy atom. The molecular formula is C23H20Br2N2O2. The Labute approximate surface area is 186 Å². The zero-order valence-electron chi connectivity index (χ0n) is 16.1. The Morgan fingerprint density at radius 3 is 2.52 bits per heavy atom. The van der Waals surface area contributed by atoms with Crippen molar-refractivity contribution in [3.63, 3.8) is 0 Å². The molecule has 4 aromatic rings. The van der Waals surface area contributed by atoms with E-state index in [4.69, 9.17) is 14.5 Å². The lowest BCUT2D eigenvalue weighted by Crippen LogP contribution is -2.01. The summed E-state index contributed by atoms with van der Waals surface area (Å²) in [4.78, 5) is 8.12. The van der Waals surface area contributed by atoms with Crippen molar-refractivity contribution in [2.24, 2.45) is 0 Å². The maximum Gasteiger partial charge on any atom is 0.175 e. The summed E-state index contributed by atoms with van der Waals surface area (Å²) in [6, 6.07) is 18.2. The molecule has 4 nitrogen and oxygen atoms in total. The molecule has 0 aliphatic heterocycles. The summed E-state index contributed by atoms with van der Waals surface area (Å²) >= 11 is 7.11. The van der Waals surface area contributed by atoms with Crippen molar-refractivity contribution in [1.82, 2.24) is 9.97 Å². The maximum absolute atomic E-state index is 6.09. The van der Waals surface area contributed by atoms with Gasteiger partial charge in [-0.1, -0.05) is 34.1 Å². The number of aryl methyl sites for hydroxylation is 1. The van der Waals surface area contributed by atoms with Crippen LogP contribution >= 0.6 is 31.9 Å². The highest BCUT2D eigenvalue weighted by Crippen LogP contribution is 2.40. The van der Waals surface area contributed by atoms with Gasteiger partial charge < -0.3 is 14.5 Å². The van der Waals surface area contributed by atoms with Gasteiger partial charge in [0.05, 0.1) is 22.1 Å². The first-order valence-electron chi connectivity index (χ1n) is 9.34. The Kier molecular flexibility index (Phi) is 5.92. The zero-order valence-corrected chi connectivity index (χ0v) is 19.3. The molecule has 0 bridgehead atoms. The van der Waals surface area contributed by atoms with Gasteiger partial charge in [0.1, 0.15) is 12.4 Å². The van der Waals surface area contributed by atoms with Crippen molar-refractivity contribution >= 4 is 42.9 Å². The van der Waals surface area contributed by atoms with Gasteiger partial charge in [-0.3, -0.25) is 0 Å². The molecule has 0 fully saturated rings. The van der Waals surface area contributed by atoms with E-state index in [0.29, 0.717) is 24.7 Å². The number of rotatable bonds is 6. The van der Waals surface area contributed by atoms with Gasteiger partial charge in [-0.2, -0.15) is 0 Å². The summed E-state index contributed by atoms with van der Waals surface area (Å²) in [6.07, 6.45) is 0. The number of benzene rings is 3. The molecule has 0 unspecified atom stereocenters. The van der Waals surface area contributed by atoms with Gasteiger partial charge in [-0.05, 0) is 77.3 Å². The fourth-order valence-electron chi connectivity index (χ4n) is 3.10. The Morgan fingerprint density at radius 2 is 1.76 bits per heavy atom. The second-order valence-electron chi connectivity index (χ2n) is 6.74. The van der Waals surface area contributed by atoms with Crippen molar-refractivity contribution < 1.29 is 9.47 Å². The number of nitrogens with one attached hydrogen (secondary N) is 1. The lowest BCUT2D eigenvalue weighted by molar-refractivity contribution is 0.268. The first-order chi connectivity index (χ1) is 14.0. The van der Waals surface area contributed by atoms with Crippen LogP contribution in [0.25, 0.3) is 22.4 Å². The minimum atomic E-state index is 0.454. The fraction of sp³-hybridized carbons (Fsp3) is 0.174. The molecule has 0 aliphatic carbocycles. The van der Waals surface area contributed by atoms with Crippen LogP contribution in [0.15, 0.2) is 63.5 Å². The van der Waals surface area contributed by atoms with E-state index in [9.17, 15) is 0 Å². The summed E-state index contributed by atoms with van der Waals surface area (Å²) < 4.78 is 13.8. The van der Waals surface area contributed by atoms with Crippen LogP contribution in [0.5, 0.6) is 11.5 Å². The molecule has 0 saturated heterocycles. The van der Waals surface area contributed by atoms with Gasteiger partial charge in [-0.25, -0.2) is 4.98 Å². The van der Waals surface area contributed by atoms with E-state index in [1.165, 1.54) is 5.56 Å². The number of hydrogen-bond acceptors (Lipinski definition) is 3. The molecule has 29 heavy (non-hydrogen) atoms. The Bertz CT molecular complexity index is 1150. The van der Waals surface area contributed by atoms with E-state index in [1.54, 1.807) is 0 Å². The monoisotopic (exact) mass is 514 g/mol. The molecule has 1 heterocycles. The summed E-state index contributed by atoms with van der Waals surface area (Å²) in [7, 11) is 0. The van der Waals surface area contributed by atoms with Crippen LogP contribution < -0.4 is 9.47 Å².